The molecule has 0 fully saturated rings. The van der Waals surface area contributed by atoms with Crippen molar-refractivity contribution in [3.8, 4) is 0 Å². The Morgan fingerprint density at radius 2 is 1.94 bits per heavy atom. The van der Waals surface area contributed by atoms with Crippen LogP contribution in [0.1, 0.15) is 27.2 Å². The molecule has 0 aliphatic carbocycles. The average molecular weight is 246 g/mol. The molecule has 5 nitrogen and oxygen atoms in total. The minimum atomic E-state index is -0.185. The topological polar surface area (TPSA) is 59.6 Å². The fourth-order valence-corrected chi connectivity index (χ4v) is 1.15. The number of ether oxygens (including phenoxy) is 2. The van der Waals surface area contributed by atoms with Crippen LogP contribution >= 0.6 is 0 Å². The standard InChI is InChI=1S/C12H26N2O3/c1-5-10(2)14-12(15)11(3)13-6-7-17-9-8-16-4/h10-11,13H,5-9H2,1-4H3,(H,14,15). The summed E-state index contributed by atoms with van der Waals surface area (Å²) < 4.78 is 10.1. The Balaban J connectivity index is 3.50. The Labute approximate surface area is 104 Å². The quantitative estimate of drug-likeness (QED) is 0.552. The predicted molar refractivity (Wildman–Crippen MR) is 68.1 cm³/mol. The number of hydrogen-bond donors (Lipinski definition) is 2. The van der Waals surface area contributed by atoms with E-state index in [1.165, 1.54) is 0 Å². The van der Waals surface area contributed by atoms with Gasteiger partial charge in [0, 0.05) is 19.7 Å². The lowest BCUT2D eigenvalue weighted by molar-refractivity contribution is -0.123. The number of rotatable bonds is 10. The number of amides is 1. The highest BCUT2D eigenvalue weighted by atomic mass is 16.5. The summed E-state index contributed by atoms with van der Waals surface area (Å²) in [5.41, 5.74) is 0. The maximum atomic E-state index is 11.6. The molecule has 1 amide bonds. The Kier molecular flexibility index (Phi) is 10.1. The van der Waals surface area contributed by atoms with Gasteiger partial charge in [-0.05, 0) is 20.3 Å². The Morgan fingerprint density at radius 3 is 2.53 bits per heavy atom. The summed E-state index contributed by atoms with van der Waals surface area (Å²) in [6.45, 7) is 8.34. The van der Waals surface area contributed by atoms with Crippen molar-refractivity contribution in [2.24, 2.45) is 0 Å². The molecule has 0 rings (SSSR count). The van der Waals surface area contributed by atoms with E-state index in [0.717, 1.165) is 6.42 Å². The average Bonchev–Trinajstić information content (AvgIpc) is 2.32. The van der Waals surface area contributed by atoms with Crippen molar-refractivity contribution in [1.29, 1.82) is 0 Å². The fourth-order valence-electron chi connectivity index (χ4n) is 1.15. The number of nitrogens with one attached hydrogen (secondary N) is 2. The second-order valence-corrected chi connectivity index (χ2v) is 4.10. The molecule has 0 aromatic rings. The fraction of sp³-hybridized carbons (Fsp3) is 0.917. The van der Waals surface area contributed by atoms with Crippen LogP contribution in [0.25, 0.3) is 0 Å². The molecule has 17 heavy (non-hydrogen) atoms. The normalized spacial score (nSPS) is 14.4. The van der Waals surface area contributed by atoms with Gasteiger partial charge in [-0.15, -0.1) is 0 Å². The van der Waals surface area contributed by atoms with Crippen LogP contribution in [0.4, 0.5) is 0 Å². The molecule has 102 valence electrons. The van der Waals surface area contributed by atoms with E-state index in [2.05, 4.69) is 10.6 Å². The first-order valence-electron chi connectivity index (χ1n) is 6.22. The van der Waals surface area contributed by atoms with Gasteiger partial charge in [0.2, 0.25) is 5.91 Å². The molecule has 5 heteroatoms. The van der Waals surface area contributed by atoms with Crippen molar-refractivity contribution in [3.05, 3.63) is 0 Å². The summed E-state index contributed by atoms with van der Waals surface area (Å²) in [6.07, 6.45) is 0.943. The van der Waals surface area contributed by atoms with E-state index in [1.807, 2.05) is 20.8 Å². The van der Waals surface area contributed by atoms with Gasteiger partial charge in [0.1, 0.15) is 0 Å². The van der Waals surface area contributed by atoms with E-state index in [1.54, 1.807) is 7.11 Å². The molecule has 0 saturated heterocycles. The summed E-state index contributed by atoms with van der Waals surface area (Å²) in [5, 5.41) is 6.04. The van der Waals surface area contributed by atoms with E-state index in [9.17, 15) is 4.79 Å². The molecule has 0 heterocycles. The molecular weight excluding hydrogens is 220 g/mol. The first-order chi connectivity index (χ1) is 8.11. The molecule has 0 aromatic heterocycles. The number of hydrogen-bond acceptors (Lipinski definition) is 4. The van der Waals surface area contributed by atoms with Crippen LogP contribution in [-0.4, -0.2) is 51.5 Å². The van der Waals surface area contributed by atoms with Crippen LogP contribution in [0.5, 0.6) is 0 Å². The lowest BCUT2D eigenvalue weighted by Gasteiger charge is -2.17. The van der Waals surface area contributed by atoms with Gasteiger partial charge < -0.3 is 20.1 Å². The summed E-state index contributed by atoms with van der Waals surface area (Å²) in [4.78, 5) is 11.6. The largest absolute Gasteiger partial charge is 0.382 e. The van der Waals surface area contributed by atoms with E-state index in [-0.39, 0.29) is 18.0 Å². The SMILES string of the molecule is CCC(C)NC(=O)C(C)NCCOCCOC. The van der Waals surface area contributed by atoms with Crippen LogP contribution in [-0.2, 0) is 14.3 Å². The van der Waals surface area contributed by atoms with Crippen LogP contribution in [0.3, 0.4) is 0 Å². The van der Waals surface area contributed by atoms with Crippen LogP contribution in [0.2, 0.25) is 0 Å². The summed E-state index contributed by atoms with van der Waals surface area (Å²) in [7, 11) is 1.64. The summed E-state index contributed by atoms with van der Waals surface area (Å²) in [5.74, 6) is 0.0382. The zero-order chi connectivity index (χ0) is 13.1. The van der Waals surface area contributed by atoms with Gasteiger partial charge in [0.25, 0.3) is 0 Å². The molecule has 0 saturated carbocycles. The lowest BCUT2D eigenvalue weighted by Crippen LogP contribution is -2.46. The van der Waals surface area contributed by atoms with Crippen molar-refractivity contribution in [2.75, 3.05) is 33.5 Å². The van der Waals surface area contributed by atoms with Crippen LogP contribution < -0.4 is 10.6 Å². The summed E-state index contributed by atoms with van der Waals surface area (Å²) >= 11 is 0. The van der Waals surface area contributed by atoms with Gasteiger partial charge in [-0.1, -0.05) is 6.92 Å². The molecule has 0 spiro atoms. The van der Waals surface area contributed by atoms with Gasteiger partial charge in [0.05, 0.1) is 25.9 Å². The van der Waals surface area contributed by atoms with Gasteiger partial charge in [-0.2, -0.15) is 0 Å². The second-order valence-electron chi connectivity index (χ2n) is 4.10. The highest BCUT2D eigenvalue weighted by Gasteiger charge is 2.13. The van der Waals surface area contributed by atoms with Gasteiger partial charge in [0.15, 0.2) is 0 Å². The number of carbonyl (C=O) groups excluding carboxylic acids is 1. The van der Waals surface area contributed by atoms with E-state index >= 15 is 0 Å². The zero-order valence-corrected chi connectivity index (χ0v) is 11.4. The highest BCUT2D eigenvalue weighted by Crippen LogP contribution is 1.90. The van der Waals surface area contributed by atoms with Crippen molar-refractivity contribution in [2.45, 2.75) is 39.3 Å². The molecule has 2 N–H and O–H groups in total. The molecule has 2 atom stereocenters. The Morgan fingerprint density at radius 1 is 1.24 bits per heavy atom. The first-order valence-corrected chi connectivity index (χ1v) is 6.22. The molecular formula is C12H26N2O3. The smallest absolute Gasteiger partial charge is 0.237 e. The third-order valence-electron chi connectivity index (χ3n) is 2.52. The van der Waals surface area contributed by atoms with Crippen LogP contribution in [0, 0.1) is 0 Å². The van der Waals surface area contributed by atoms with E-state index in [0.29, 0.717) is 26.4 Å². The molecule has 0 aliphatic rings. The molecule has 0 bridgehead atoms. The number of methoxy groups -OCH3 is 1. The highest BCUT2D eigenvalue weighted by molar-refractivity contribution is 5.81. The lowest BCUT2D eigenvalue weighted by atomic mass is 10.2. The Bertz CT molecular complexity index is 200. The van der Waals surface area contributed by atoms with Crippen molar-refractivity contribution in [1.82, 2.24) is 10.6 Å². The summed E-state index contributed by atoms with van der Waals surface area (Å²) in [6, 6.07) is 0.0414. The molecule has 0 radical (unpaired) electrons. The number of carbonyl (C=O) groups is 1. The van der Waals surface area contributed by atoms with Crippen LogP contribution in [0.15, 0.2) is 0 Å². The maximum Gasteiger partial charge on any atom is 0.237 e. The predicted octanol–water partition coefficient (Wildman–Crippen LogP) is 0.542. The van der Waals surface area contributed by atoms with Gasteiger partial charge >= 0.3 is 0 Å². The molecule has 0 aromatic carbocycles. The minimum Gasteiger partial charge on any atom is -0.382 e. The van der Waals surface area contributed by atoms with Crippen molar-refractivity contribution in [3.63, 3.8) is 0 Å². The van der Waals surface area contributed by atoms with E-state index < -0.39 is 0 Å². The third kappa shape index (κ3) is 9.09. The zero-order valence-electron chi connectivity index (χ0n) is 11.4. The van der Waals surface area contributed by atoms with E-state index in [4.69, 9.17) is 9.47 Å². The van der Waals surface area contributed by atoms with Crippen molar-refractivity contribution < 1.29 is 14.3 Å². The van der Waals surface area contributed by atoms with Crippen molar-refractivity contribution >= 4 is 5.91 Å². The Hall–Kier alpha value is -0.650. The minimum absolute atomic E-state index is 0.0382. The van der Waals surface area contributed by atoms with Gasteiger partial charge in [-0.3, -0.25) is 4.79 Å². The first kappa shape index (κ1) is 16.4. The molecule has 2 unspecified atom stereocenters. The maximum absolute atomic E-state index is 11.6. The molecule has 0 aliphatic heterocycles. The second kappa shape index (κ2) is 10.5. The third-order valence-corrected chi connectivity index (χ3v) is 2.52. The van der Waals surface area contributed by atoms with Gasteiger partial charge in [-0.25, -0.2) is 0 Å². The monoisotopic (exact) mass is 246 g/mol.